The fourth-order valence-electron chi connectivity index (χ4n) is 15.7. The first kappa shape index (κ1) is 109. The molecule has 718 valence electrons. The van der Waals surface area contributed by atoms with E-state index in [0.29, 0.717) is 71.9 Å². The number of aliphatic hydroxyl groups excluding tert-OH is 1. The van der Waals surface area contributed by atoms with Crippen molar-refractivity contribution < 1.29 is 91.4 Å². The van der Waals surface area contributed by atoms with Gasteiger partial charge in [-0.2, -0.15) is 0 Å². The van der Waals surface area contributed by atoms with Gasteiger partial charge in [0.1, 0.15) is 60.4 Å². The maximum Gasteiger partial charge on any atom is 0.245 e. The van der Waals surface area contributed by atoms with E-state index in [-0.39, 0.29) is 115 Å². The number of ether oxygens (including phenoxy) is 1. The predicted molar refractivity (Wildman–Crippen MR) is 500 cm³/mol. The zero-order valence-corrected chi connectivity index (χ0v) is 78.4. The molecule has 0 unspecified atom stereocenters. The Kier molecular flexibility index (Phi) is 43.7. The van der Waals surface area contributed by atoms with Gasteiger partial charge in [0, 0.05) is 98.0 Å². The number of para-hydroxylation sites is 1. The molecule has 0 radical (unpaired) electrons. The summed E-state index contributed by atoms with van der Waals surface area (Å²) in [6.45, 7) is 15.6. The second-order valence-corrected chi connectivity index (χ2v) is 38.8. The number of aromatic nitrogens is 1. The summed E-state index contributed by atoms with van der Waals surface area (Å²) < 4.78 is 2.73. The predicted octanol–water partition coefficient (Wildman–Crippen LogP) is 3.17. The molecule has 13 atom stereocenters. The number of carbonyl (C=O) groups excluding carboxylic acids is 17. The van der Waals surface area contributed by atoms with Crippen LogP contribution in [0, 0.1) is 24.2 Å². The molecule has 6 rings (SSSR count). The number of primary amides is 3. The first-order chi connectivity index (χ1) is 61.9. The lowest BCUT2D eigenvalue weighted by Gasteiger charge is -2.39. The summed E-state index contributed by atoms with van der Waals surface area (Å²) in [5.41, 5.74) is 35.9. The van der Waals surface area contributed by atoms with Gasteiger partial charge in [-0.15, -0.1) is 0 Å². The SMILES string of the molecule is CC(=O)CCCCC[C@@H]1NC(=O)[C@H](Cc2c[nH]c3c(C)cccc23)NC(=O)[C@H]([C@@H](C)O)NC(=O)[C@H](CC(N)=O)NC(=O)[C@@H](NC(C)=O)C(C)(C)SSC(C)(C)[C@@H](C(=O)C[C@@H](Cc2ccc(OCCN)cc2)C(=O)N[C@@H](Cc2ccc3ccccc3c2)C(=O)C[C@@](C)(CCCCN)C(=O)N[C@@H](CCCCNC(C)=O)C(=O)C[C@@H](CC(N)=O)C(=O)N[C@H](CCCCN)C(N)=O)NC1=O. The number of ketones is 4. The third kappa shape index (κ3) is 35.1. The van der Waals surface area contributed by atoms with Gasteiger partial charge in [-0.3, -0.25) is 76.7 Å². The molecule has 0 aliphatic carbocycles. The van der Waals surface area contributed by atoms with Crippen molar-refractivity contribution in [2.45, 2.75) is 280 Å². The Morgan fingerprint density at radius 2 is 1.19 bits per heavy atom. The number of aryl methyl sites for hydroxylation is 1. The Balaban J connectivity index is 1.54. The minimum atomic E-state index is -1.91. The van der Waals surface area contributed by atoms with Crippen LogP contribution < -0.4 is 92.3 Å². The first-order valence-corrected chi connectivity index (χ1v) is 46.8. The van der Waals surface area contributed by atoms with Gasteiger partial charge in [0.2, 0.25) is 76.8 Å². The highest BCUT2D eigenvalue weighted by Crippen LogP contribution is 2.47. The summed E-state index contributed by atoms with van der Waals surface area (Å²) in [7, 11) is 1.92. The molecule has 1 aliphatic rings. The van der Waals surface area contributed by atoms with Crippen LogP contribution in [0.4, 0.5) is 0 Å². The van der Waals surface area contributed by atoms with Crippen molar-refractivity contribution in [1.29, 1.82) is 0 Å². The Labute approximate surface area is 772 Å². The van der Waals surface area contributed by atoms with Gasteiger partial charge in [-0.1, -0.05) is 121 Å². The highest BCUT2D eigenvalue weighted by atomic mass is 33.1. The second kappa shape index (κ2) is 52.7. The zero-order valence-electron chi connectivity index (χ0n) is 76.8. The lowest BCUT2D eigenvalue weighted by atomic mass is 9.77. The Morgan fingerprint density at radius 1 is 0.573 bits per heavy atom. The summed E-state index contributed by atoms with van der Waals surface area (Å²) in [6, 6.07) is 10.4. The molecule has 24 N–H and O–H groups in total. The number of amides is 13. The summed E-state index contributed by atoms with van der Waals surface area (Å²) in [5.74, 6) is -16.7. The summed E-state index contributed by atoms with van der Waals surface area (Å²) in [4.78, 5) is 248. The van der Waals surface area contributed by atoms with E-state index in [4.69, 9.17) is 39.1 Å². The minimum absolute atomic E-state index is 0.0281. The fraction of sp³-hybridized carbons (Fsp3) is 0.559. The van der Waals surface area contributed by atoms with Gasteiger partial charge in [0.25, 0.3) is 0 Å². The third-order valence-corrected chi connectivity index (χ3v) is 27.4. The van der Waals surface area contributed by atoms with E-state index in [1.54, 1.807) is 76.4 Å². The van der Waals surface area contributed by atoms with Crippen LogP contribution in [0.2, 0.25) is 0 Å². The van der Waals surface area contributed by atoms with E-state index in [2.05, 4.69) is 58.2 Å². The molecular weight excluding hydrogens is 1720 g/mol. The number of carbonyl (C=O) groups is 17. The molecule has 5 aromatic rings. The number of nitrogens with two attached hydrogens (primary N) is 6. The molecule has 0 spiro atoms. The van der Waals surface area contributed by atoms with E-state index in [9.17, 15) is 57.8 Å². The number of H-pyrrole nitrogens is 1. The number of aliphatic hydroxyl groups is 1. The number of nitrogens with one attached hydrogen (secondary N) is 11. The van der Waals surface area contributed by atoms with Gasteiger partial charge in [-0.05, 0) is 184 Å². The van der Waals surface area contributed by atoms with Crippen LogP contribution in [-0.2, 0) is 101 Å². The molecule has 0 saturated carbocycles. The van der Waals surface area contributed by atoms with Crippen molar-refractivity contribution in [1.82, 2.24) is 58.2 Å². The highest BCUT2D eigenvalue weighted by Gasteiger charge is 2.47. The monoisotopic (exact) mass is 1860 g/mol. The van der Waals surface area contributed by atoms with Crippen molar-refractivity contribution in [2.75, 3.05) is 32.8 Å². The lowest BCUT2D eigenvalue weighted by Crippen LogP contribution is -2.63. The zero-order chi connectivity index (χ0) is 97.0. The van der Waals surface area contributed by atoms with Gasteiger partial charge < -0.3 is 107 Å². The average Bonchev–Trinajstić information content (AvgIpc) is 1.11. The molecular formula is C93H135N17O19S2. The second-order valence-electron chi connectivity index (χ2n) is 35.4. The van der Waals surface area contributed by atoms with Crippen LogP contribution in [0.15, 0.2) is 91.1 Å². The summed E-state index contributed by atoms with van der Waals surface area (Å²) >= 11 is 0. The third-order valence-electron chi connectivity index (χ3n) is 23.1. The van der Waals surface area contributed by atoms with Crippen molar-refractivity contribution in [3.63, 3.8) is 0 Å². The van der Waals surface area contributed by atoms with Gasteiger partial charge >= 0.3 is 0 Å². The molecule has 1 aromatic heterocycles. The smallest absolute Gasteiger partial charge is 0.245 e. The fourth-order valence-corrected chi connectivity index (χ4v) is 18.5. The summed E-state index contributed by atoms with van der Waals surface area (Å²) in [5, 5.41) is 40.7. The van der Waals surface area contributed by atoms with Crippen LogP contribution in [0.1, 0.15) is 207 Å². The highest BCUT2D eigenvalue weighted by molar-refractivity contribution is 8.77. The Bertz CT molecular complexity index is 4830. The maximum absolute atomic E-state index is 16.5. The van der Waals surface area contributed by atoms with Crippen LogP contribution >= 0.6 is 21.6 Å². The first-order valence-electron chi connectivity index (χ1n) is 44.7. The maximum atomic E-state index is 16.5. The standard InChI is InChI=1S/C93H135N17O19S2/c1-53-23-22-27-66-64(52-101-78(53)66)46-71-86(124)104-69(30-13-11-12-24-54(2)111)85(123)110-80(91(6,7)130-131-92(8,9)81(102-57(5)114)89(127)107-72(50-77(98)119)87(125)109-79(55(3)112)88(126)106-71)74(116)48-62(43-58-32-35-65(36-33-58)129-42-40-96)83(121)105-70(45-59-31-34-60-25-14-15-26-61(60)44-59)75(117)51-93(10,37-18-20-39-95)90(128)108-67(28-17-21-41-100-56(4)113)73(115)47-63(49-76(97)118)84(122)103-68(82(99)120)29-16-19-38-94/h14-15,22-23,25-27,31-36,44,52,55,62-63,67-72,79-81,101,112H,11-13,16-21,24,28-30,37-43,45-51,94-96H2,1-10H3,(H2,97,118)(H2,98,119)(H2,99,120)(H,100,113)(H,102,114)(H,103,122)(H,104,124)(H,105,121)(H,106,126)(H,107,127)(H,108,128)(H,109,125)(H,110,123)/t55-,62-,63+,67+,68-,69+,70+,71+,72+,79+,80-,81-,93-/m1/s1. The number of Topliss-reactive ketones (excluding diaryl/α,β-unsaturated/α-hetero) is 4. The average molecular weight is 1860 g/mol. The molecule has 131 heavy (non-hydrogen) atoms. The van der Waals surface area contributed by atoms with Gasteiger partial charge in [-0.25, -0.2) is 0 Å². The minimum Gasteiger partial charge on any atom is -0.492 e. The molecule has 38 heteroatoms. The Hall–Kier alpha value is -11.2. The molecule has 36 nitrogen and oxygen atoms in total. The van der Waals surface area contributed by atoms with E-state index < -0.39 is 208 Å². The molecule has 13 amide bonds. The van der Waals surface area contributed by atoms with Gasteiger partial charge in [0.15, 0.2) is 17.3 Å². The number of benzene rings is 4. The normalized spacial score (nSPS) is 19.3. The van der Waals surface area contributed by atoms with Crippen molar-refractivity contribution in [3.8, 4) is 5.75 Å². The number of hydrogen-bond donors (Lipinski definition) is 18. The van der Waals surface area contributed by atoms with Crippen molar-refractivity contribution in [2.24, 2.45) is 51.7 Å². The summed E-state index contributed by atoms with van der Waals surface area (Å²) in [6.07, 6.45) is -1.42. The van der Waals surface area contributed by atoms with Crippen molar-refractivity contribution in [3.05, 3.63) is 113 Å². The van der Waals surface area contributed by atoms with E-state index in [0.717, 1.165) is 51.8 Å². The van der Waals surface area contributed by atoms with Crippen LogP contribution in [-0.4, -0.2) is 213 Å². The molecule has 4 aromatic carbocycles. The largest absolute Gasteiger partial charge is 0.492 e. The molecule has 1 saturated heterocycles. The topological polar surface area (TPSA) is 612 Å². The quantitative estimate of drug-likeness (QED) is 0.0196. The van der Waals surface area contributed by atoms with E-state index in [1.807, 2.05) is 49.4 Å². The van der Waals surface area contributed by atoms with Crippen LogP contribution in [0.5, 0.6) is 5.75 Å². The molecule has 2 heterocycles. The number of fused-ring (bicyclic) bond motifs is 2. The molecule has 1 aliphatic heterocycles. The van der Waals surface area contributed by atoms with E-state index in [1.165, 1.54) is 20.8 Å². The Morgan fingerprint density at radius 3 is 1.83 bits per heavy atom. The number of aromatic amines is 1. The number of hydrogen-bond acceptors (Lipinski definition) is 24. The lowest BCUT2D eigenvalue weighted by molar-refractivity contribution is -0.140. The van der Waals surface area contributed by atoms with Crippen molar-refractivity contribution >= 4 is 143 Å². The van der Waals surface area contributed by atoms with Crippen LogP contribution in [0.25, 0.3) is 21.7 Å². The van der Waals surface area contributed by atoms with Crippen LogP contribution in [0.3, 0.4) is 0 Å². The number of rotatable bonds is 50. The van der Waals surface area contributed by atoms with Gasteiger partial charge in [0.05, 0.1) is 35.9 Å². The number of unbranched alkanes of at least 4 members (excludes halogenated alkanes) is 5. The van der Waals surface area contributed by atoms with E-state index >= 15 is 28.8 Å². The molecule has 0 bridgehead atoms. The molecule has 1 fully saturated rings.